The van der Waals surface area contributed by atoms with E-state index in [1.165, 1.54) is 0 Å². The Labute approximate surface area is 93.3 Å². The van der Waals surface area contributed by atoms with Crippen molar-refractivity contribution in [3.63, 3.8) is 0 Å². The highest BCUT2D eigenvalue weighted by Gasteiger charge is 2.20. The summed E-state index contributed by atoms with van der Waals surface area (Å²) in [6.07, 6.45) is 0.206. The average molecular weight is 222 g/mol. The zero-order valence-corrected chi connectivity index (χ0v) is 8.81. The summed E-state index contributed by atoms with van der Waals surface area (Å²) >= 11 is 0. The van der Waals surface area contributed by atoms with Gasteiger partial charge in [0.1, 0.15) is 18.1 Å². The molecule has 2 rings (SSSR count). The molecule has 0 saturated heterocycles. The molecule has 1 unspecified atom stereocenters. The van der Waals surface area contributed by atoms with Crippen LogP contribution in [0.15, 0.2) is 18.2 Å². The van der Waals surface area contributed by atoms with Crippen molar-refractivity contribution >= 4 is 5.91 Å². The number of ether oxygens (including phenoxy) is 2. The van der Waals surface area contributed by atoms with Crippen LogP contribution in [0.25, 0.3) is 0 Å². The van der Waals surface area contributed by atoms with Crippen LogP contribution in [0.4, 0.5) is 0 Å². The van der Waals surface area contributed by atoms with Gasteiger partial charge in [0.25, 0.3) is 0 Å². The lowest BCUT2D eigenvalue weighted by molar-refractivity contribution is -0.118. The maximum absolute atomic E-state index is 10.5. The first-order valence-electron chi connectivity index (χ1n) is 5.10. The Morgan fingerprint density at radius 3 is 3.12 bits per heavy atom. The van der Waals surface area contributed by atoms with E-state index in [-0.39, 0.29) is 25.0 Å². The van der Waals surface area contributed by atoms with Gasteiger partial charge in [-0.2, -0.15) is 0 Å². The largest absolute Gasteiger partial charge is 0.493 e. The van der Waals surface area contributed by atoms with Gasteiger partial charge in [0, 0.05) is 11.6 Å². The van der Waals surface area contributed by atoms with E-state index < -0.39 is 0 Å². The molecular formula is C11H14N2O3. The minimum absolute atomic E-state index is 0.0605. The van der Waals surface area contributed by atoms with Gasteiger partial charge in [-0.1, -0.05) is 0 Å². The van der Waals surface area contributed by atoms with Crippen molar-refractivity contribution in [2.45, 2.75) is 12.5 Å². The van der Waals surface area contributed by atoms with Gasteiger partial charge in [0.15, 0.2) is 0 Å². The van der Waals surface area contributed by atoms with Crippen molar-refractivity contribution in [2.24, 2.45) is 11.5 Å². The molecule has 1 atom stereocenters. The number of hydrogen-bond donors (Lipinski definition) is 2. The zero-order valence-electron chi connectivity index (χ0n) is 8.81. The van der Waals surface area contributed by atoms with E-state index in [0.29, 0.717) is 12.4 Å². The molecule has 4 N–H and O–H groups in total. The SMILES string of the molecule is NC(=O)CCOc1ccc2c(c1)OCC2N. The molecule has 5 nitrogen and oxygen atoms in total. The van der Waals surface area contributed by atoms with Crippen LogP contribution in [0.1, 0.15) is 18.0 Å². The number of rotatable bonds is 4. The Hall–Kier alpha value is -1.75. The molecule has 16 heavy (non-hydrogen) atoms. The molecule has 1 amide bonds. The number of hydrogen-bond acceptors (Lipinski definition) is 4. The molecule has 0 spiro atoms. The van der Waals surface area contributed by atoms with Crippen molar-refractivity contribution in [3.05, 3.63) is 23.8 Å². The Kier molecular flexibility index (Phi) is 2.96. The molecular weight excluding hydrogens is 208 g/mol. The normalized spacial score (nSPS) is 17.7. The number of primary amides is 1. The first kappa shape index (κ1) is 10.8. The standard InChI is InChI=1S/C11H14N2O3/c12-9-6-16-10-5-7(1-2-8(9)10)15-4-3-11(13)14/h1-2,5,9H,3-4,6,12H2,(H2,13,14). The molecule has 0 aromatic heterocycles. The van der Waals surface area contributed by atoms with E-state index in [0.717, 1.165) is 11.3 Å². The van der Waals surface area contributed by atoms with Crippen LogP contribution in [0, 0.1) is 0 Å². The molecule has 1 aromatic rings. The third-order valence-electron chi connectivity index (χ3n) is 2.42. The number of carbonyl (C=O) groups is 1. The van der Waals surface area contributed by atoms with Gasteiger partial charge in [-0.15, -0.1) is 0 Å². The molecule has 1 aliphatic rings. The topological polar surface area (TPSA) is 87.6 Å². The molecule has 1 aromatic carbocycles. The Bertz CT molecular complexity index is 406. The Balaban J connectivity index is 1.99. The van der Waals surface area contributed by atoms with Gasteiger partial charge in [-0.3, -0.25) is 4.79 Å². The van der Waals surface area contributed by atoms with E-state index in [9.17, 15) is 4.79 Å². The monoisotopic (exact) mass is 222 g/mol. The summed E-state index contributed by atoms with van der Waals surface area (Å²) in [7, 11) is 0. The van der Waals surface area contributed by atoms with Crippen molar-refractivity contribution < 1.29 is 14.3 Å². The van der Waals surface area contributed by atoms with Crippen molar-refractivity contribution in [2.75, 3.05) is 13.2 Å². The molecule has 0 fully saturated rings. The lowest BCUT2D eigenvalue weighted by Gasteiger charge is -2.06. The van der Waals surface area contributed by atoms with Crippen LogP contribution >= 0.6 is 0 Å². The van der Waals surface area contributed by atoms with E-state index in [1.807, 2.05) is 12.1 Å². The second-order valence-corrected chi connectivity index (χ2v) is 3.68. The number of fused-ring (bicyclic) bond motifs is 1. The molecule has 86 valence electrons. The van der Waals surface area contributed by atoms with Gasteiger partial charge in [-0.05, 0) is 12.1 Å². The zero-order chi connectivity index (χ0) is 11.5. The highest BCUT2D eigenvalue weighted by Crippen LogP contribution is 2.33. The molecule has 0 aliphatic carbocycles. The van der Waals surface area contributed by atoms with Crippen LogP contribution in [0.5, 0.6) is 11.5 Å². The number of amides is 1. The molecule has 1 heterocycles. The summed E-state index contributed by atoms with van der Waals surface area (Å²) in [5, 5.41) is 0. The van der Waals surface area contributed by atoms with Crippen LogP contribution < -0.4 is 20.9 Å². The third kappa shape index (κ3) is 2.25. The van der Waals surface area contributed by atoms with Crippen molar-refractivity contribution in [3.8, 4) is 11.5 Å². The van der Waals surface area contributed by atoms with E-state index in [2.05, 4.69) is 0 Å². The van der Waals surface area contributed by atoms with Crippen LogP contribution in [-0.2, 0) is 4.79 Å². The maximum atomic E-state index is 10.5. The highest BCUT2D eigenvalue weighted by atomic mass is 16.5. The average Bonchev–Trinajstić information content (AvgIpc) is 2.60. The van der Waals surface area contributed by atoms with Crippen molar-refractivity contribution in [1.82, 2.24) is 0 Å². The van der Waals surface area contributed by atoms with Gasteiger partial charge in [0.2, 0.25) is 5.91 Å². The van der Waals surface area contributed by atoms with Gasteiger partial charge >= 0.3 is 0 Å². The fraction of sp³-hybridized carbons (Fsp3) is 0.364. The molecule has 0 saturated carbocycles. The summed E-state index contributed by atoms with van der Waals surface area (Å²) in [4.78, 5) is 10.5. The maximum Gasteiger partial charge on any atom is 0.220 e. The lowest BCUT2D eigenvalue weighted by atomic mass is 10.1. The van der Waals surface area contributed by atoms with Gasteiger partial charge in [0.05, 0.1) is 19.1 Å². The predicted octanol–water partition coefficient (Wildman–Crippen LogP) is 0.333. The fourth-order valence-corrected chi connectivity index (χ4v) is 1.57. The Morgan fingerprint density at radius 2 is 2.38 bits per heavy atom. The second kappa shape index (κ2) is 4.40. The van der Waals surface area contributed by atoms with Crippen LogP contribution in [-0.4, -0.2) is 19.1 Å². The molecule has 5 heteroatoms. The Morgan fingerprint density at radius 1 is 1.56 bits per heavy atom. The van der Waals surface area contributed by atoms with Crippen molar-refractivity contribution in [1.29, 1.82) is 0 Å². The summed E-state index contributed by atoms with van der Waals surface area (Å²) in [5.41, 5.74) is 11.8. The van der Waals surface area contributed by atoms with Gasteiger partial charge in [-0.25, -0.2) is 0 Å². The lowest BCUT2D eigenvalue weighted by Crippen LogP contribution is -2.14. The fourth-order valence-electron chi connectivity index (χ4n) is 1.57. The number of nitrogens with two attached hydrogens (primary N) is 2. The van der Waals surface area contributed by atoms with Gasteiger partial charge < -0.3 is 20.9 Å². The third-order valence-corrected chi connectivity index (χ3v) is 2.42. The second-order valence-electron chi connectivity index (χ2n) is 3.68. The molecule has 0 bridgehead atoms. The first-order valence-corrected chi connectivity index (χ1v) is 5.10. The summed E-state index contributed by atoms with van der Waals surface area (Å²) in [6, 6.07) is 5.42. The minimum atomic E-state index is -0.376. The summed E-state index contributed by atoms with van der Waals surface area (Å²) in [6.45, 7) is 0.778. The molecule has 0 radical (unpaired) electrons. The van der Waals surface area contributed by atoms with E-state index in [1.54, 1.807) is 6.07 Å². The smallest absolute Gasteiger partial charge is 0.220 e. The number of carbonyl (C=O) groups excluding carboxylic acids is 1. The summed E-state index contributed by atoms with van der Waals surface area (Å²) < 4.78 is 10.7. The number of benzene rings is 1. The van der Waals surface area contributed by atoms with Crippen LogP contribution in [0.2, 0.25) is 0 Å². The minimum Gasteiger partial charge on any atom is -0.493 e. The highest BCUT2D eigenvalue weighted by molar-refractivity contribution is 5.73. The van der Waals surface area contributed by atoms with E-state index in [4.69, 9.17) is 20.9 Å². The quantitative estimate of drug-likeness (QED) is 0.768. The first-order chi connectivity index (χ1) is 7.66. The van der Waals surface area contributed by atoms with Crippen LogP contribution in [0.3, 0.4) is 0 Å². The predicted molar refractivity (Wildman–Crippen MR) is 58.2 cm³/mol. The molecule has 1 aliphatic heterocycles. The summed E-state index contributed by atoms with van der Waals surface area (Å²) in [5.74, 6) is 1.04. The van der Waals surface area contributed by atoms with E-state index >= 15 is 0 Å².